The molecule has 0 heterocycles. The van der Waals surface area contributed by atoms with Gasteiger partial charge in [0.25, 0.3) is 0 Å². The fraction of sp³-hybridized carbons (Fsp3) is 0.652. The van der Waals surface area contributed by atoms with E-state index < -0.39 is 6.36 Å². The number of alkyl halides is 4. The third-order valence-corrected chi connectivity index (χ3v) is 6.51. The smallest absolute Gasteiger partial charge is 0.406 e. The molecule has 0 saturated heterocycles. The predicted octanol–water partition coefficient (Wildman–Crippen LogP) is 7.41. The van der Waals surface area contributed by atoms with Gasteiger partial charge in [0.1, 0.15) is 5.75 Å². The Labute approximate surface area is 165 Å². The zero-order valence-corrected chi connectivity index (χ0v) is 16.3. The highest BCUT2D eigenvalue weighted by atomic mass is 19.4. The average molecular weight is 398 g/mol. The number of benzene rings is 1. The zero-order chi connectivity index (χ0) is 20.0. The van der Waals surface area contributed by atoms with E-state index in [4.69, 9.17) is 0 Å². The third-order valence-electron chi connectivity index (χ3n) is 6.51. The second-order valence-corrected chi connectivity index (χ2v) is 8.35. The first kappa shape index (κ1) is 21.2. The summed E-state index contributed by atoms with van der Waals surface area (Å²) in [5.74, 6) is 2.00. The summed E-state index contributed by atoms with van der Waals surface area (Å²) in [5, 5.41) is 0. The molecular formula is C23H30F4O. The molecule has 2 aliphatic rings. The van der Waals surface area contributed by atoms with Crippen LogP contribution in [0.25, 0.3) is 0 Å². The van der Waals surface area contributed by atoms with Crippen LogP contribution < -0.4 is 4.74 Å². The summed E-state index contributed by atoms with van der Waals surface area (Å²) < 4.78 is 53.0. The van der Waals surface area contributed by atoms with Gasteiger partial charge in [0.05, 0.1) is 6.67 Å². The average Bonchev–Trinajstić information content (AvgIpc) is 2.68. The molecule has 1 atom stereocenters. The standard InChI is InChI=1S/C23H30F4O/c24-16-15-19-5-11-21(12-6-19)20-9-3-17(4-10-20)1-2-18-7-13-22(14-8-18)28-23(25,26)27/h3,7-8,13-14,19-21H,1-2,4-6,9-12,15-16H2. The Balaban J connectivity index is 1.41. The molecule has 0 aromatic heterocycles. The van der Waals surface area contributed by atoms with Gasteiger partial charge in [0.2, 0.25) is 0 Å². The summed E-state index contributed by atoms with van der Waals surface area (Å²) in [6.07, 6.45) is 8.71. The lowest BCUT2D eigenvalue weighted by Crippen LogP contribution is -2.23. The van der Waals surface area contributed by atoms with Gasteiger partial charge in [-0.15, -0.1) is 13.2 Å². The minimum absolute atomic E-state index is 0.169. The van der Waals surface area contributed by atoms with E-state index in [9.17, 15) is 17.6 Å². The summed E-state index contributed by atoms with van der Waals surface area (Å²) in [6.45, 7) is -0.178. The molecule has 0 aliphatic heterocycles. The van der Waals surface area contributed by atoms with E-state index in [0.29, 0.717) is 5.92 Å². The predicted molar refractivity (Wildman–Crippen MR) is 103 cm³/mol. The van der Waals surface area contributed by atoms with Crippen LogP contribution in [-0.4, -0.2) is 13.0 Å². The summed E-state index contributed by atoms with van der Waals surface area (Å²) in [7, 11) is 0. The van der Waals surface area contributed by atoms with Crippen molar-refractivity contribution in [3.05, 3.63) is 41.5 Å². The Morgan fingerprint density at radius 1 is 0.893 bits per heavy atom. The van der Waals surface area contributed by atoms with Crippen molar-refractivity contribution in [3.63, 3.8) is 0 Å². The van der Waals surface area contributed by atoms with Crippen molar-refractivity contribution in [1.29, 1.82) is 0 Å². The second kappa shape index (κ2) is 9.80. The maximum absolute atomic E-state index is 12.5. The molecule has 156 valence electrons. The van der Waals surface area contributed by atoms with Crippen molar-refractivity contribution >= 4 is 0 Å². The summed E-state index contributed by atoms with van der Waals surface area (Å²) in [6, 6.07) is 6.19. The number of ether oxygens (including phenoxy) is 1. The topological polar surface area (TPSA) is 9.23 Å². The van der Waals surface area contributed by atoms with Crippen LogP contribution in [-0.2, 0) is 6.42 Å². The molecule has 28 heavy (non-hydrogen) atoms. The molecule has 1 saturated carbocycles. The van der Waals surface area contributed by atoms with Gasteiger partial charge in [-0.25, -0.2) is 0 Å². The normalized spacial score (nSPS) is 26.0. The van der Waals surface area contributed by atoms with Crippen molar-refractivity contribution in [3.8, 4) is 5.75 Å². The van der Waals surface area contributed by atoms with Gasteiger partial charge in [-0.2, -0.15) is 0 Å². The quantitative estimate of drug-likeness (QED) is 0.343. The van der Waals surface area contributed by atoms with Gasteiger partial charge >= 0.3 is 6.36 Å². The Morgan fingerprint density at radius 3 is 2.18 bits per heavy atom. The van der Waals surface area contributed by atoms with E-state index in [1.54, 1.807) is 12.1 Å². The van der Waals surface area contributed by atoms with E-state index in [-0.39, 0.29) is 12.4 Å². The van der Waals surface area contributed by atoms with Gasteiger partial charge in [0.15, 0.2) is 0 Å². The monoisotopic (exact) mass is 398 g/mol. The van der Waals surface area contributed by atoms with Crippen molar-refractivity contribution in [2.24, 2.45) is 17.8 Å². The molecule has 1 nitrogen and oxygen atoms in total. The lowest BCUT2D eigenvalue weighted by molar-refractivity contribution is -0.274. The van der Waals surface area contributed by atoms with Gasteiger partial charge in [-0.1, -0.05) is 36.6 Å². The molecule has 0 radical (unpaired) electrons. The van der Waals surface area contributed by atoms with Gasteiger partial charge in [0, 0.05) is 0 Å². The molecule has 5 heteroatoms. The molecular weight excluding hydrogens is 368 g/mol. The maximum Gasteiger partial charge on any atom is 0.573 e. The second-order valence-electron chi connectivity index (χ2n) is 8.35. The zero-order valence-electron chi connectivity index (χ0n) is 16.3. The molecule has 3 rings (SSSR count). The van der Waals surface area contributed by atoms with Crippen molar-refractivity contribution in [2.75, 3.05) is 6.67 Å². The van der Waals surface area contributed by atoms with Gasteiger partial charge in [-0.05, 0) is 86.8 Å². The molecule has 1 fully saturated rings. The van der Waals surface area contributed by atoms with E-state index in [2.05, 4.69) is 10.8 Å². The van der Waals surface area contributed by atoms with Crippen LogP contribution in [0.4, 0.5) is 17.6 Å². The third kappa shape index (κ3) is 6.52. The highest BCUT2D eigenvalue weighted by Gasteiger charge is 2.31. The fourth-order valence-electron chi connectivity index (χ4n) is 4.83. The molecule has 1 aromatic rings. The van der Waals surface area contributed by atoms with Crippen LogP contribution in [0.15, 0.2) is 35.9 Å². The highest BCUT2D eigenvalue weighted by molar-refractivity contribution is 5.28. The molecule has 0 N–H and O–H groups in total. The molecule has 2 aliphatic carbocycles. The fourth-order valence-corrected chi connectivity index (χ4v) is 4.83. The number of halogens is 4. The van der Waals surface area contributed by atoms with Gasteiger partial charge < -0.3 is 4.74 Å². The highest BCUT2D eigenvalue weighted by Crippen LogP contribution is 2.40. The first-order valence-electron chi connectivity index (χ1n) is 10.5. The van der Waals surface area contributed by atoms with Gasteiger partial charge in [-0.3, -0.25) is 4.39 Å². The van der Waals surface area contributed by atoms with Crippen molar-refractivity contribution < 1.29 is 22.3 Å². The molecule has 0 spiro atoms. The molecule has 1 unspecified atom stereocenters. The Morgan fingerprint density at radius 2 is 1.61 bits per heavy atom. The first-order chi connectivity index (χ1) is 13.4. The van der Waals surface area contributed by atoms with Crippen LogP contribution in [0.5, 0.6) is 5.75 Å². The van der Waals surface area contributed by atoms with E-state index in [1.165, 1.54) is 49.8 Å². The Hall–Kier alpha value is -1.52. The number of allylic oxidation sites excluding steroid dienone is 2. The molecule has 1 aromatic carbocycles. The van der Waals surface area contributed by atoms with Crippen LogP contribution in [0, 0.1) is 17.8 Å². The van der Waals surface area contributed by atoms with Crippen LogP contribution >= 0.6 is 0 Å². The first-order valence-corrected chi connectivity index (χ1v) is 10.5. The minimum atomic E-state index is -4.64. The van der Waals surface area contributed by atoms with E-state index in [1.807, 2.05) is 0 Å². The number of hydrogen-bond acceptors (Lipinski definition) is 1. The maximum atomic E-state index is 12.5. The van der Waals surface area contributed by atoms with Crippen LogP contribution in [0.2, 0.25) is 0 Å². The van der Waals surface area contributed by atoms with E-state index >= 15 is 0 Å². The summed E-state index contributed by atoms with van der Waals surface area (Å²) in [4.78, 5) is 0. The van der Waals surface area contributed by atoms with Crippen molar-refractivity contribution in [2.45, 2.75) is 70.6 Å². The van der Waals surface area contributed by atoms with Crippen LogP contribution in [0.1, 0.15) is 63.4 Å². The Bertz CT molecular complexity index is 627. The summed E-state index contributed by atoms with van der Waals surface area (Å²) in [5.41, 5.74) is 2.50. The lowest BCUT2D eigenvalue weighted by atomic mass is 9.71. The number of hydrogen-bond donors (Lipinski definition) is 0. The lowest BCUT2D eigenvalue weighted by Gasteiger charge is -2.35. The largest absolute Gasteiger partial charge is 0.573 e. The number of rotatable bonds is 7. The number of aryl methyl sites for hydroxylation is 1. The van der Waals surface area contributed by atoms with Crippen LogP contribution in [0.3, 0.4) is 0 Å². The minimum Gasteiger partial charge on any atom is -0.406 e. The Kier molecular flexibility index (Phi) is 7.42. The van der Waals surface area contributed by atoms with E-state index in [0.717, 1.165) is 49.5 Å². The SMILES string of the molecule is FCCC1CCC(C2CC=C(CCc3ccc(OC(F)(F)F)cc3)CC2)CC1. The molecule has 0 bridgehead atoms. The summed E-state index contributed by atoms with van der Waals surface area (Å²) >= 11 is 0. The molecule has 0 amide bonds. The van der Waals surface area contributed by atoms with Crippen molar-refractivity contribution in [1.82, 2.24) is 0 Å².